The van der Waals surface area contributed by atoms with Crippen LogP contribution in [-0.4, -0.2) is 232 Å². The van der Waals surface area contributed by atoms with Gasteiger partial charge >= 0.3 is 35.6 Å². The number of rotatable bonds is 40. The highest BCUT2D eigenvalue weighted by Gasteiger charge is 2.49. The number of hydrogen-bond acceptors (Lipinski definition) is 25. The number of fused-ring (bicyclic) bond motifs is 5. The van der Waals surface area contributed by atoms with Crippen molar-refractivity contribution in [3.05, 3.63) is 177 Å². The Kier molecular flexibility index (Phi) is 44.1. The first-order valence-corrected chi connectivity index (χ1v) is 53.5. The Morgan fingerprint density at radius 3 is 0.572 bits per heavy atom. The Morgan fingerprint density at radius 1 is 0.246 bits per heavy atom. The number of ketones is 5. The molecule has 5 aromatic rings. The van der Waals surface area contributed by atoms with Crippen molar-refractivity contribution in [1.82, 2.24) is 24.5 Å². The number of nitrogens with two attached hydrogens (primary N) is 5. The van der Waals surface area contributed by atoms with Gasteiger partial charge in [0, 0.05) is 30.2 Å². The molecule has 0 amide bonds. The van der Waals surface area contributed by atoms with Crippen LogP contribution in [0.5, 0.6) is 0 Å². The van der Waals surface area contributed by atoms with E-state index in [1.807, 2.05) is 0 Å². The van der Waals surface area contributed by atoms with E-state index >= 15 is 0 Å². The fraction of sp³-hybridized carbons (Fsp3) is 0.676. The summed E-state index contributed by atoms with van der Waals surface area (Å²) in [4.78, 5) is 74.9. The first-order chi connectivity index (χ1) is 66.1. The van der Waals surface area contributed by atoms with Crippen molar-refractivity contribution in [3.63, 3.8) is 0 Å². The molecule has 758 valence electrons. The number of unbranched alkanes of at least 4 members (excludes halogenated alkanes) is 5. The molecule has 10 atom stereocenters. The third-order valence-corrected chi connectivity index (χ3v) is 34.5. The summed E-state index contributed by atoms with van der Waals surface area (Å²) >= 11 is 0. The molecule has 5 aliphatic carbocycles. The maximum Gasteiger partial charge on any atom is 0.451 e. The molecule has 5 aliphatic heterocycles. The highest BCUT2D eigenvalue weighted by molar-refractivity contribution is 6.42. The number of Topliss-reactive ketones (excluding diaryl/α,β-unsaturated/α-hetero) is 5. The highest BCUT2D eigenvalue weighted by Crippen LogP contribution is 2.47. The average Bonchev–Trinajstić information content (AvgIpc) is 1.75. The molecule has 5 fully saturated rings. The predicted molar refractivity (Wildman–Crippen MR) is 555 cm³/mol. The molecule has 0 aromatic heterocycles. The lowest BCUT2D eigenvalue weighted by atomic mass is 9.72. The second-order valence-electron chi connectivity index (χ2n) is 43.0. The zero-order valence-electron chi connectivity index (χ0n) is 84.3. The van der Waals surface area contributed by atoms with Crippen molar-refractivity contribution in [1.29, 1.82) is 0 Å². The summed E-state index contributed by atoms with van der Waals surface area (Å²) in [5.41, 5.74) is 44.1. The summed E-state index contributed by atoms with van der Waals surface area (Å²) in [5.74, 6) is 1.38. The molecule has 5 aromatic carbocycles. The monoisotopic (exact) mass is 1900 g/mol. The van der Waals surface area contributed by atoms with Crippen LogP contribution in [0.25, 0.3) is 0 Å². The van der Waals surface area contributed by atoms with Gasteiger partial charge in [-0.05, 0) is 397 Å². The Morgan fingerprint density at radius 2 is 0.406 bits per heavy atom. The first kappa shape index (κ1) is 112. The third-order valence-electron chi connectivity index (χ3n) is 34.5. The molecule has 25 nitrogen and oxygen atoms in total. The van der Waals surface area contributed by atoms with Gasteiger partial charge in [0.05, 0.1) is 27.7 Å². The molecule has 138 heavy (non-hydrogen) atoms. The molecule has 0 spiro atoms. The van der Waals surface area contributed by atoms with Crippen molar-refractivity contribution in [3.8, 4) is 0 Å². The summed E-state index contributed by atoms with van der Waals surface area (Å²) in [6.07, 6.45) is 37.2. The quantitative estimate of drug-likeness (QED) is 0.0128. The normalized spacial score (nSPS) is 23.1. The molecule has 0 bridgehead atoms. The van der Waals surface area contributed by atoms with Crippen LogP contribution < -0.4 is 28.7 Å². The van der Waals surface area contributed by atoms with E-state index in [2.05, 4.69) is 146 Å². The zero-order valence-corrected chi connectivity index (χ0v) is 84.3. The number of piperidine rings is 5. The molecular formula is C108H171B5N10O15. The lowest BCUT2D eigenvalue weighted by Crippen LogP contribution is -2.56. The number of likely N-dealkylation sites (tertiary alicyclic amines) is 5. The van der Waals surface area contributed by atoms with Crippen LogP contribution in [0, 0.1) is 29.6 Å². The molecule has 5 heterocycles. The van der Waals surface area contributed by atoms with E-state index in [0.717, 1.165) is 175 Å². The van der Waals surface area contributed by atoms with Crippen LogP contribution in [0.4, 0.5) is 0 Å². The number of aryl methyl sites for hydroxylation is 5. The number of carbonyl (C=O) groups is 5. The summed E-state index contributed by atoms with van der Waals surface area (Å²) in [5, 5.41) is 90.1. The second-order valence-corrected chi connectivity index (χ2v) is 43.0. The molecule has 5 saturated heterocycles. The SMILES string of the molecule is CC(=O)[C@@](N)(CCCCB(O)O)C1CCN(C2CCCc3ccccc32)CC1.CC(=O)[C@@](N)(CCCCB(O)O)C1CCN(C2CCc3ccccc32)CC1.CC(=O)[C@](N)(CCCCB(O)O)C1CCN(C2CCCc3ccccc32)CC1.CC(=O)[C@](N)(CCCCB(O)O)C1CCN(C2CCCc3ccccc32)CC1.CC(=O)[C@](N)(CCCCB(O)O)C1CCN(C2CCc3ccccc32)CC1. The van der Waals surface area contributed by atoms with Gasteiger partial charge in [0.25, 0.3) is 0 Å². The van der Waals surface area contributed by atoms with Crippen LogP contribution in [0.15, 0.2) is 121 Å². The highest BCUT2D eigenvalue weighted by atomic mass is 16.4. The van der Waals surface area contributed by atoms with E-state index < -0.39 is 63.3 Å². The zero-order chi connectivity index (χ0) is 99.3. The largest absolute Gasteiger partial charge is 0.451 e. The van der Waals surface area contributed by atoms with Crippen molar-refractivity contribution in [2.45, 2.75) is 368 Å². The maximum atomic E-state index is 12.4. The second kappa shape index (κ2) is 54.2. The standard InChI is InChI=1S/3C22H35BN2O3.2C21H33BN2O3/c3*1-17(26)22(24,13-4-5-14-23(27)28)19-11-15-25(16-12-19)21-10-6-8-18-7-2-3-9-20(18)21;2*1-16(25)21(23,12-4-5-13-22(26)27)18-10-14-24(15-11-18)20-9-8-17-6-2-3-7-19(17)20/h3*2-3,7,9,19,21,27-28H,4-6,8,10-16,24H2,1H3;2*2-3,6-7,18,20,26-27H,4-5,8-15,23H2,1H3/t3*21?,22-;2*20?,21-/m11010/s1. The lowest BCUT2D eigenvalue weighted by molar-refractivity contribution is -0.126. The molecular weight excluding hydrogens is 1730 g/mol. The van der Waals surface area contributed by atoms with E-state index in [0.29, 0.717) is 126 Å². The number of carbonyl (C=O) groups excluding carboxylic acids is 5. The number of nitrogens with zero attached hydrogens (tertiary/aromatic N) is 5. The molecule has 5 unspecified atom stereocenters. The Labute approximate surface area is 827 Å². The van der Waals surface area contributed by atoms with Crippen molar-refractivity contribution >= 4 is 64.5 Å². The molecule has 0 radical (unpaired) electrons. The maximum absolute atomic E-state index is 12.4. The fourth-order valence-electron chi connectivity index (χ4n) is 25.8. The van der Waals surface area contributed by atoms with Gasteiger partial charge in [0.1, 0.15) is 28.9 Å². The third kappa shape index (κ3) is 30.3. The topological polar surface area (TPSA) is 434 Å². The van der Waals surface area contributed by atoms with Crippen molar-refractivity contribution < 1.29 is 74.2 Å². The molecule has 20 N–H and O–H groups in total. The minimum Gasteiger partial charge on any atom is -0.427 e. The first-order valence-electron chi connectivity index (χ1n) is 53.5. The summed E-state index contributed by atoms with van der Waals surface area (Å²) < 4.78 is 0. The number of benzene rings is 5. The van der Waals surface area contributed by atoms with E-state index in [1.54, 1.807) is 34.6 Å². The van der Waals surface area contributed by atoms with E-state index in [-0.39, 0.29) is 58.5 Å². The summed E-state index contributed by atoms with van der Waals surface area (Å²) in [6.45, 7) is 18.0. The van der Waals surface area contributed by atoms with Crippen LogP contribution in [-0.2, 0) is 56.1 Å². The van der Waals surface area contributed by atoms with Crippen LogP contribution in [0.3, 0.4) is 0 Å². The van der Waals surface area contributed by atoms with Gasteiger partial charge in [-0.3, -0.25) is 48.5 Å². The minimum atomic E-state index is -1.27. The van der Waals surface area contributed by atoms with E-state index in [9.17, 15) is 24.0 Å². The van der Waals surface area contributed by atoms with Gasteiger partial charge in [-0.2, -0.15) is 0 Å². The Hall–Kier alpha value is -6.03. The smallest absolute Gasteiger partial charge is 0.427 e. The van der Waals surface area contributed by atoms with Crippen molar-refractivity contribution in [2.24, 2.45) is 58.3 Å². The van der Waals surface area contributed by atoms with Crippen LogP contribution in [0.2, 0.25) is 31.6 Å². The fourth-order valence-corrected chi connectivity index (χ4v) is 25.8. The van der Waals surface area contributed by atoms with Gasteiger partial charge < -0.3 is 78.9 Å². The van der Waals surface area contributed by atoms with Crippen LogP contribution in [0.1, 0.15) is 332 Å². The number of hydrogen-bond donors (Lipinski definition) is 15. The summed E-state index contributed by atoms with van der Waals surface area (Å²) in [7, 11) is -6.36. The molecule has 10 aliphatic rings. The van der Waals surface area contributed by atoms with Crippen LogP contribution >= 0.6 is 0 Å². The lowest BCUT2D eigenvalue weighted by Gasteiger charge is -2.44. The van der Waals surface area contributed by atoms with Gasteiger partial charge in [0.2, 0.25) is 0 Å². The summed E-state index contributed by atoms with van der Waals surface area (Å²) in [6, 6.07) is 46.5. The van der Waals surface area contributed by atoms with Gasteiger partial charge in [-0.25, -0.2) is 0 Å². The van der Waals surface area contributed by atoms with E-state index in [4.69, 9.17) is 78.9 Å². The molecule has 0 saturated carbocycles. The van der Waals surface area contributed by atoms with Gasteiger partial charge in [-0.15, -0.1) is 0 Å². The van der Waals surface area contributed by atoms with Gasteiger partial charge in [0.15, 0.2) is 0 Å². The molecule has 15 rings (SSSR count). The van der Waals surface area contributed by atoms with Crippen molar-refractivity contribution in [2.75, 3.05) is 65.4 Å². The predicted octanol–water partition coefficient (Wildman–Crippen LogP) is 12.7. The molecule has 30 heteroatoms. The average molecular weight is 1900 g/mol. The van der Waals surface area contributed by atoms with E-state index in [1.165, 1.54) is 126 Å². The minimum absolute atomic E-state index is 0.0664. The Bertz CT molecular complexity index is 4200. The Balaban J connectivity index is 0.000000165. The van der Waals surface area contributed by atoms with Gasteiger partial charge in [-0.1, -0.05) is 186 Å².